The molecule has 3 heterocycles. The summed E-state index contributed by atoms with van der Waals surface area (Å²) in [5.74, 6) is 1.32. The Kier molecular flexibility index (Phi) is 7.68. The van der Waals surface area contributed by atoms with Gasteiger partial charge in [0.25, 0.3) is 0 Å². The number of hydrogen-bond donors (Lipinski definition) is 3. The number of halogens is 2. The second kappa shape index (κ2) is 11.1. The second-order valence-corrected chi connectivity index (χ2v) is 9.37. The summed E-state index contributed by atoms with van der Waals surface area (Å²) >= 11 is 5.93. The smallest absolute Gasteiger partial charge is 0.162 e. The van der Waals surface area contributed by atoms with Crippen molar-refractivity contribution >= 4 is 34.0 Å². The fourth-order valence-electron chi connectivity index (χ4n) is 4.79. The van der Waals surface area contributed by atoms with E-state index in [0.29, 0.717) is 47.5 Å². The topological polar surface area (TPSA) is 86.8 Å². The molecular formula is C25H31ClFN7O2. The highest BCUT2D eigenvalue weighted by Gasteiger charge is 2.35. The van der Waals surface area contributed by atoms with Crippen LogP contribution in [0.4, 0.5) is 15.9 Å². The Morgan fingerprint density at radius 2 is 2.06 bits per heavy atom. The highest BCUT2D eigenvalue weighted by Crippen LogP contribution is 2.35. The summed E-state index contributed by atoms with van der Waals surface area (Å²) in [4.78, 5) is 13.7. The number of anilines is 2. The number of aromatic nitrogens is 2. The lowest BCUT2D eigenvalue weighted by atomic mass is 10.2. The number of benzene rings is 2. The van der Waals surface area contributed by atoms with Crippen LogP contribution >= 0.6 is 11.6 Å². The van der Waals surface area contributed by atoms with Crippen molar-refractivity contribution in [3.63, 3.8) is 0 Å². The van der Waals surface area contributed by atoms with Crippen LogP contribution in [-0.4, -0.2) is 72.0 Å². The molecule has 192 valence electrons. The van der Waals surface area contributed by atoms with E-state index in [1.807, 2.05) is 12.1 Å². The van der Waals surface area contributed by atoms with Gasteiger partial charge in [-0.1, -0.05) is 18.5 Å². The largest absolute Gasteiger partial charge is 0.493 e. The molecule has 0 amide bonds. The van der Waals surface area contributed by atoms with Crippen LogP contribution in [0.1, 0.15) is 19.8 Å². The average Bonchev–Trinajstić information content (AvgIpc) is 3.31. The molecular weight excluding hydrogens is 485 g/mol. The van der Waals surface area contributed by atoms with E-state index in [1.165, 1.54) is 18.5 Å². The molecule has 2 atom stereocenters. The quantitative estimate of drug-likeness (QED) is 0.369. The first-order chi connectivity index (χ1) is 17.6. The van der Waals surface area contributed by atoms with Crippen LogP contribution in [0.3, 0.4) is 0 Å². The molecule has 11 heteroatoms. The summed E-state index contributed by atoms with van der Waals surface area (Å²) in [5.41, 5.74) is 8.11. The Hall–Kier alpha value is -2.76. The number of piperazine rings is 1. The molecule has 0 saturated carbocycles. The van der Waals surface area contributed by atoms with Crippen molar-refractivity contribution < 1.29 is 13.9 Å². The highest BCUT2D eigenvalue weighted by atomic mass is 35.5. The van der Waals surface area contributed by atoms with Gasteiger partial charge in [0, 0.05) is 43.3 Å². The summed E-state index contributed by atoms with van der Waals surface area (Å²) in [6, 6.07) is 8.14. The van der Waals surface area contributed by atoms with Gasteiger partial charge >= 0.3 is 0 Å². The van der Waals surface area contributed by atoms with E-state index >= 15 is 0 Å². The molecule has 3 N–H and O–H groups in total. The van der Waals surface area contributed by atoms with Gasteiger partial charge in [-0.2, -0.15) is 0 Å². The molecule has 2 aliphatic rings. The SMILES string of the molecule is CCC1NNC2CN(CCCOc3cc4c(Nc5ccc(F)c(Cl)c5)ncnc4cc3OC)CCN12. The zero-order valence-corrected chi connectivity index (χ0v) is 21.2. The van der Waals surface area contributed by atoms with Gasteiger partial charge in [-0.3, -0.25) is 9.80 Å². The fraction of sp³-hybridized carbons (Fsp3) is 0.440. The number of ether oxygens (including phenoxy) is 2. The molecule has 0 radical (unpaired) electrons. The van der Waals surface area contributed by atoms with Gasteiger partial charge in [0.1, 0.15) is 18.0 Å². The molecule has 2 aliphatic heterocycles. The third-order valence-corrected chi connectivity index (χ3v) is 6.98. The minimum atomic E-state index is -0.474. The van der Waals surface area contributed by atoms with Crippen LogP contribution in [0.25, 0.3) is 10.9 Å². The molecule has 5 rings (SSSR count). The molecule has 0 spiro atoms. The van der Waals surface area contributed by atoms with Crippen LogP contribution in [0.5, 0.6) is 11.5 Å². The average molecular weight is 516 g/mol. The van der Waals surface area contributed by atoms with E-state index in [9.17, 15) is 4.39 Å². The Balaban J connectivity index is 1.23. The van der Waals surface area contributed by atoms with Gasteiger partial charge in [-0.15, -0.1) is 0 Å². The van der Waals surface area contributed by atoms with E-state index in [1.54, 1.807) is 13.2 Å². The Labute approximate surface area is 214 Å². The standard InChI is InChI=1S/C25H31ClFN7O2/c1-3-23-31-32-24-14-33(8-9-34(23)24)7-4-10-36-22-12-17-20(13-21(22)35-2)28-15-29-25(17)30-16-5-6-19(27)18(26)11-16/h5-6,11-13,15,23-24,31-32H,3-4,7-10,14H2,1-2H3,(H,28,29,30). The molecule has 2 unspecified atom stereocenters. The van der Waals surface area contributed by atoms with Gasteiger partial charge in [0.05, 0.1) is 36.6 Å². The summed E-state index contributed by atoms with van der Waals surface area (Å²) in [6.45, 7) is 6.81. The lowest BCUT2D eigenvalue weighted by Gasteiger charge is -2.38. The molecule has 0 aliphatic carbocycles. The van der Waals surface area contributed by atoms with Crippen molar-refractivity contribution in [1.82, 2.24) is 30.6 Å². The van der Waals surface area contributed by atoms with Crippen LogP contribution in [0.15, 0.2) is 36.7 Å². The van der Waals surface area contributed by atoms with Crippen LogP contribution in [0.2, 0.25) is 5.02 Å². The third kappa shape index (κ3) is 5.33. The van der Waals surface area contributed by atoms with Crippen molar-refractivity contribution in [2.24, 2.45) is 0 Å². The van der Waals surface area contributed by atoms with Crippen LogP contribution < -0.4 is 25.6 Å². The normalized spacial score (nSPS) is 20.4. The maximum Gasteiger partial charge on any atom is 0.162 e. The minimum absolute atomic E-state index is 0.0376. The first-order valence-corrected chi connectivity index (χ1v) is 12.6. The monoisotopic (exact) mass is 515 g/mol. The molecule has 2 saturated heterocycles. The predicted molar refractivity (Wildman–Crippen MR) is 138 cm³/mol. The van der Waals surface area contributed by atoms with Gasteiger partial charge in [0.2, 0.25) is 0 Å². The van der Waals surface area contributed by atoms with E-state index in [2.05, 4.69) is 42.9 Å². The van der Waals surface area contributed by atoms with Gasteiger partial charge < -0.3 is 14.8 Å². The Morgan fingerprint density at radius 1 is 1.17 bits per heavy atom. The van der Waals surface area contributed by atoms with Crippen molar-refractivity contribution in [3.05, 3.63) is 47.5 Å². The van der Waals surface area contributed by atoms with Gasteiger partial charge in [-0.25, -0.2) is 25.2 Å². The van der Waals surface area contributed by atoms with E-state index in [4.69, 9.17) is 21.1 Å². The van der Waals surface area contributed by atoms with Crippen molar-refractivity contribution in [2.45, 2.75) is 32.1 Å². The van der Waals surface area contributed by atoms with Crippen molar-refractivity contribution in [3.8, 4) is 11.5 Å². The van der Waals surface area contributed by atoms with Gasteiger partial charge in [-0.05, 0) is 37.1 Å². The molecule has 1 aromatic heterocycles. The molecule has 36 heavy (non-hydrogen) atoms. The van der Waals surface area contributed by atoms with E-state index in [-0.39, 0.29) is 5.02 Å². The first-order valence-electron chi connectivity index (χ1n) is 12.2. The minimum Gasteiger partial charge on any atom is -0.493 e. The zero-order chi connectivity index (χ0) is 25.1. The van der Waals surface area contributed by atoms with Crippen molar-refractivity contribution in [1.29, 1.82) is 0 Å². The maximum absolute atomic E-state index is 13.6. The highest BCUT2D eigenvalue weighted by molar-refractivity contribution is 6.31. The lowest BCUT2D eigenvalue weighted by molar-refractivity contribution is 0.0671. The Morgan fingerprint density at radius 3 is 2.86 bits per heavy atom. The summed E-state index contributed by atoms with van der Waals surface area (Å²) in [6.07, 6.45) is 4.22. The number of hydrazine groups is 1. The lowest BCUT2D eigenvalue weighted by Crippen LogP contribution is -2.55. The number of hydrogen-bond acceptors (Lipinski definition) is 9. The Bertz CT molecular complexity index is 1220. The molecule has 3 aromatic rings. The van der Waals surface area contributed by atoms with E-state index in [0.717, 1.165) is 44.4 Å². The maximum atomic E-state index is 13.6. The zero-order valence-electron chi connectivity index (χ0n) is 20.4. The number of rotatable bonds is 9. The number of nitrogens with one attached hydrogen (secondary N) is 3. The van der Waals surface area contributed by atoms with E-state index < -0.39 is 5.82 Å². The fourth-order valence-corrected chi connectivity index (χ4v) is 4.97. The van der Waals surface area contributed by atoms with Crippen molar-refractivity contribution in [2.75, 3.05) is 45.2 Å². The summed E-state index contributed by atoms with van der Waals surface area (Å²) < 4.78 is 25.3. The van der Waals surface area contributed by atoms with Crippen LogP contribution in [-0.2, 0) is 0 Å². The first kappa shape index (κ1) is 24.9. The molecule has 9 nitrogen and oxygen atoms in total. The number of fused-ring (bicyclic) bond motifs is 2. The van der Waals surface area contributed by atoms with Gasteiger partial charge in [0.15, 0.2) is 11.5 Å². The third-order valence-electron chi connectivity index (χ3n) is 6.69. The second-order valence-electron chi connectivity index (χ2n) is 8.97. The molecule has 2 fully saturated rings. The molecule has 2 aromatic carbocycles. The number of nitrogens with zero attached hydrogens (tertiary/aromatic N) is 4. The van der Waals surface area contributed by atoms with Crippen LogP contribution in [0, 0.1) is 5.82 Å². The molecule has 0 bridgehead atoms. The summed E-state index contributed by atoms with van der Waals surface area (Å²) in [5, 5.41) is 3.99. The predicted octanol–water partition coefficient (Wildman–Crippen LogP) is 3.73. The summed E-state index contributed by atoms with van der Waals surface area (Å²) in [7, 11) is 1.61. The number of methoxy groups -OCH3 is 1.